The van der Waals surface area contributed by atoms with Crippen molar-refractivity contribution in [2.75, 3.05) is 0 Å². The third-order valence-corrected chi connectivity index (χ3v) is 9.40. The molecular formula is C36H37IrN3OSi-2. The molecule has 1 radical (unpaired) electrons. The summed E-state index contributed by atoms with van der Waals surface area (Å²) < 4.78 is 6.31. The molecule has 0 bridgehead atoms. The monoisotopic (exact) mass is 748 g/mol. The summed E-state index contributed by atoms with van der Waals surface area (Å²) in [5.74, 6) is 0. The van der Waals surface area contributed by atoms with Crippen LogP contribution in [0.3, 0.4) is 0 Å². The van der Waals surface area contributed by atoms with Crippen LogP contribution < -0.4 is 5.19 Å². The van der Waals surface area contributed by atoms with Crippen LogP contribution in [0, 0.1) is 26.0 Å². The summed E-state index contributed by atoms with van der Waals surface area (Å²) in [6.45, 7) is 17.9. The van der Waals surface area contributed by atoms with E-state index in [1.54, 1.807) is 6.20 Å². The summed E-state index contributed by atoms with van der Waals surface area (Å²) in [6, 6.07) is 25.0. The fourth-order valence-corrected chi connectivity index (χ4v) is 6.31. The first-order valence-electron chi connectivity index (χ1n) is 14.0. The van der Waals surface area contributed by atoms with Gasteiger partial charge in [-0.15, -0.1) is 53.2 Å². The Labute approximate surface area is 264 Å². The molecule has 0 aliphatic rings. The van der Waals surface area contributed by atoms with E-state index in [2.05, 4.69) is 106 Å². The number of aromatic nitrogens is 3. The summed E-state index contributed by atoms with van der Waals surface area (Å²) in [4.78, 5) is 13.4. The van der Waals surface area contributed by atoms with Crippen LogP contribution in [-0.2, 0) is 25.5 Å². The molecule has 0 unspecified atom stereocenters. The number of furan rings is 1. The van der Waals surface area contributed by atoms with Gasteiger partial charge in [0.05, 0.1) is 5.58 Å². The van der Waals surface area contributed by atoms with E-state index in [9.17, 15) is 0 Å². The van der Waals surface area contributed by atoms with Gasteiger partial charge in [0.15, 0.2) is 0 Å². The van der Waals surface area contributed by atoms with E-state index in [4.69, 9.17) is 4.42 Å². The van der Waals surface area contributed by atoms with Crippen molar-refractivity contribution in [3.05, 3.63) is 108 Å². The Morgan fingerprint density at radius 3 is 2.29 bits per heavy atom. The number of aryl methyl sites for hydroxylation is 2. The maximum Gasteiger partial charge on any atom is 0.124 e. The van der Waals surface area contributed by atoms with Crippen molar-refractivity contribution >= 4 is 35.2 Å². The largest absolute Gasteiger partial charge is 0.500 e. The van der Waals surface area contributed by atoms with E-state index < -0.39 is 8.07 Å². The molecule has 0 aliphatic carbocycles. The van der Waals surface area contributed by atoms with Crippen molar-refractivity contribution in [2.24, 2.45) is 0 Å². The number of nitrogens with zero attached hydrogens (tertiary/aromatic N) is 3. The van der Waals surface area contributed by atoms with E-state index in [0.29, 0.717) is 0 Å². The minimum absolute atomic E-state index is 0. The van der Waals surface area contributed by atoms with Gasteiger partial charge in [-0.3, -0.25) is 4.98 Å². The normalized spacial score (nSPS) is 11.6. The number of rotatable bonds is 3. The minimum Gasteiger partial charge on any atom is -0.500 e. The van der Waals surface area contributed by atoms with Gasteiger partial charge in [-0.25, -0.2) is 0 Å². The Hall–Kier alpha value is -3.44. The fraction of sp³-hybridized carbons (Fsp3) is 0.250. The van der Waals surface area contributed by atoms with E-state index in [0.717, 1.165) is 39.1 Å². The smallest absolute Gasteiger partial charge is 0.124 e. The molecule has 0 amide bonds. The molecule has 4 heterocycles. The van der Waals surface area contributed by atoms with Gasteiger partial charge >= 0.3 is 0 Å². The molecule has 0 spiro atoms. The summed E-state index contributed by atoms with van der Waals surface area (Å²) in [7, 11) is -1.58. The SMILES string of the molecule is CC(C)(C)c1ccnc(-c2[c-]cc([Si](C)(C)C)c3c2oc2ccncc23)c1.Cc1cnc(-c2[c-]cccc2)cc1C.[Ir]. The van der Waals surface area contributed by atoms with Gasteiger partial charge in [0.2, 0.25) is 0 Å². The predicted octanol–water partition coefficient (Wildman–Crippen LogP) is 8.85. The van der Waals surface area contributed by atoms with Crippen LogP contribution >= 0.6 is 0 Å². The van der Waals surface area contributed by atoms with E-state index in [-0.39, 0.29) is 25.5 Å². The van der Waals surface area contributed by atoms with Crippen LogP contribution in [0.4, 0.5) is 0 Å². The summed E-state index contributed by atoms with van der Waals surface area (Å²) >= 11 is 0. The molecule has 0 saturated carbocycles. The molecule has 0 fully saturated rings. The zero-order valence-electron chi connectivity index (χ0n) is 25.6. The molecule has 0 aliphatic heterocycles. The molecule has 4 aromatic heterocycles. The van der Waals surface area contributed by atoms with Gasteiger partial charge in [0.1, 0.15) is 5.58 Å². The van der Waals surface area contributed by atoms with Crippen molar-refractivity contribution in [3.63, 3.8) is 0 Å². The number of fused-ring (bicyclic) bond motifs is 3. The average molecular weight is 748 g/mol. The molecule has 4 nitrogen and oxygen atoms in total. The van der Waals surface area contributed by atoms with Gasteiger partial charge in [-0.2, -0.15) is 0 Å². The second kappa shape index (κ2) is 12.4. The van der Waals surface area contributed by atoms with Crippen molar-refractivity contribution in [1.29, 1.82) is 0 Å². The first-order chi connectivity index (χ1) is 19.4. The Kier molecular flexibility index (Phi) is 9.32. The molecule has 6 rings (SSSR count). The molecule has 0 N–H and O–H groups in total. The molecule has 0 atom stereocenters. The summed E-state index contributed by atoms with van der Waals surface area (Å²) in [5, 5.41) is 3.60. The topological polar surface area (TPSA) is 51.8 Å². The molecule has 2 aromatic carbocycles. The second-order valence-corrected chi connectivity index (χ2v) is 17.7. The third-order valence-electron chi connectivity index (χ3n) is 7.39. The second-order valence-electron chi connectivity index (χ2n) is 12.6. The Morgan fingerprint density at radius 1 is 0.833 bits per heavy atom. The summed E-state index contributed by atoms with van der Waals surface area (Å²) in [6.07, 6.45) is 7.48. The molecule has 42 heavy (non-hydrogen) atoms. The van der Waals surface area contributed by atoms with Crippen molar-refractivity contribution in [3.8, 4) is 22.5 Å². The van der Waals surface area contributed by atoms with Crippen LogP contribution in [0.5, 0.6) is 0 Å². The van der Waals surface area contributed by atoms with E-state index in [1.807, 2.05) is 48.9 Å². The third kappa shape index (κ3) is 6.62. The van der Waals surface area contributed by atoms with Crippen molar-refractivity contribution < 1.29 is 24.5 Å². The van der Waals surface area contributed by atoms with Crippen LogP contribution in [-0.4, -0.2) is 23.0 Å². The maximum atomic E-state index is 6.31. The Balaban J connectivity index is 0.000000228. The van der Waals surface area contributed by atoms with Crippen LogP contribution in [0.1, 0.15) is 37.5 Å². The van der Waals surface area contributed by atoms with E-state index in [1.165, 1.54) is 27.3 Å². The summed E-state index contributed by atoms with van der Waals surface area (Å²) in [5.41, 5.74) is 9.43. The molecule has 6 aromatic rings. The van der Waals surface area contributed by atoms with Crippen molar-refractivity contribution in [1.82, 2.24) is 15.0 Å². The van der Waals surface area contributed by atoms with Gasteiger partial charge in [0, 0.05) is 58.4 Å². The molecular weight excluding hydrogens is 711 g/mol. The zero-order chi connectivity index (χ0) is 29.4. The van der Waals surface area contributed by atoms with Crippen LogP contribution in [0.15, 0.2) is 83.8 Å². The van der Waals surface area contributed by atoms with Gasteiger partial charge in [-0.1, -0.05) is 69.1 Å². The Morgan fingerprint density at radius 2 is 1.62 bits per heavy atom. The van der Waals surface area contributed by atoms with Crippen LogP contribution in [0.25, 0.3) is 44.5 Å². The van der Waals surface area contributed by atoms with Gasteiger partial charge in [0.25, 0.3) is 0 Å². The standard InChI is InChI=1S/C23H25N2OSi.C13H12N.Ir/c1-23(2,3)15-9-12-25-18(13-15)16-7-8-20(27(4,5)6)21-17-14-24-11-10-19(17)26-22(16)21;1-10-8-13(14-9-11(10)2)12-6-4-3-5-7-12;/h8-14H,1-6H3;3-6,8-9H,1-2H3;/q2*-1;. The minimum atomic E-state index is -1.58. The average Bonchev–Trinajstić information content (AvgIpc) is 3.33. The number of benzene rings is 2. The number of hydrogen-bond acceptors (Lipinski definition) is 4. The van der Waals surface area contributed by atoms with Gasteiger partial charge in [-0.05, 0) is 53.9 Å². The number of hydrogen-bond donors (Lipinski definition) is 0. The van der Waals surface area contributed by atoms with Crippen molar-refractivity contribution in [2.45, 2.75) is 59.7 Å². The first kappa shape index (κ1) is 31.5. The molecule has 6 heteroatoms. The van der Waals surface area contributed by atoms with Crippen LogP contribution in [0.2, 0.25) is 19.6 Å². The fourth-order valence-electron chi connectivity index (χ4n) is 4.81. The number of pyridine rings is 3. The quantitative estimate of drug-likeness (QED) is 0.134. The molecule has 0 saturated heterocycles. The molecule has 217 valence electrons. The van der Waals surface area contributed by atoms with Gasteiger partial charge < -0.3 is 14.4 Å². The maximum absolute atomic E-state index is 6.31. The van der Waals surface area contributed by atoms with E-state index >= 15 is 0 Å². The zero-order valence-corrected chi connectivity index (χ0v) is 29.0. The predicted molar refractivity (Wildman–Crippen MR) is 173 cm³/mol. The first-order valence-corrected chi connectivity index (χ1v) is 17.5. The Bertz CT molecular complexity index is 1830.